The number of methoxy groups -OCH3 is 3. The predicted molar refractivity (Wildman–Crippen MR) is 118 cm³/mol. The molecule has 33 heavy (non-hydrogen) atoms. The van der Waals surface area contributed by atoms with Gasteiger partial charge < -0.3 is 24.1 Å². The van der Waals surface area contributed by atoms with Crippen LogP contribution >= 0.6 is 0 Å². The molecule has 0 spiro atoms. The van der Waals surface area contributed by atoms with E-state index in [-0.39, 0.29) is 34.5 Å². The molecule has 2 aromatic carbocycles. The number of nitrogens with zero attached hydrogens (tertiary/aromatic N) is 3. The van der Waals surface area contributed by atoms with Gasteiger partial charge in [-0.2, -0.15) is 9.29 Å². The van der Waals surface area contributed by atoms with Gasteiger partial charge in [-0.05, 0) is 36.4 Å². The van der Waals surface area contributed by atoms with Crippen molar-refractivity contribution in [3.8, 4) is 28.6 Å². The smallest absolute Gasteiger partial charge is 0.254 e. The van der Waals surface area contributed by atoms with Gasteiger partial charge in [-0.1, -0.05) is 5.16 Å². The Bertz CT molecular complexity index is 1260. The zero-order valence-electron chi connectivity index (χ0n) is 18.8. The van der Waals surface area contributed by atoms with Crippen LogP contribution in [0.2, 0.25) is 0 Å². The lowest BCUT2D eigenvalue weighted by atomic mass is 10.2. The number of carbonyl (C=O) groups is 1. The highest BCUT2D eigenvalue weighted by atomic mass is 32.2. The average molecular weight is 477 g/mol. The molecule has 0 atom stereocenters. The van der Waals surface area contributed by atoms with E-state index in [0.29, 0.717) is 17.1 Å². The van der Waals surface area contributed by atoms with Crippen LogP contribution in [-0.2, 0) is 16.6 Å². The molecule has 1 N–H and O–H groups in total. The number of ether oxygens (including phenoxy) is 3. The minimum atomic E-state index is -3.97. The summed E-state index contributed by atoms with van der Waals surface area (Å²) < 4.78 is 48.1. The van der Waals surface area contributed by atoms with Crippen molar-refractivity contribution in [2.75, 3.05) is 35.4 Å². The van der Waals surface area contributed by atoms with Crippen LogP contribution in [0, 0.1) is 0 Å². The summed E-state index contributed by atoms with van der Waals surface area (Å²) in [6, 6.07) is 9.16. The van der Waals surface area contributed by atoms with E-state index in [1.807, 2.05) is 0 Å². The molecule has 3 rings (SSSR count). The third-order valence-corrected chi connectivity index (χ3v) is 6.62. The van der Waals surface area contributed by atoms with Gasteiger partial charge >= 0.3 is 0 Å². The molecule has 0 unspecified atom stereocenters. The predicted octanol–water partition coefficient (Wildman–Crippen LogP) is 1.94. The van der Waals surface area contributed by atoms with Crippen molar-refractivity contribution in [2.24, 2.45) is 0 Å². The van der Waals surface area contributed by atoms with E-state index in [9.17, 15) is 13.2 Å². The Hall–Kier alpha value is -3.64. The average Bonchev–Trinajstić information content (AvgIpc) is 3.30. The molecular weight excluding hydrogens is 452 g/mol. The maximum absolute atomic E-state index is 13.1. The molecule has 0 bridgehead atoms. The summed E-state index contributed by atoms with van der Waals surface area (Å²) in [4.78, 5) is 16.3. The Morgan fingerprint density at radius 1 is 1.03 bits per heavy atom. The van der Waals surface area contributed by atoms with E-state index in [4.69, 9.17) is 18.7 Å². The molecule has 12 heteroatoms. The van der Waals surface area contributed by atoms with Crippen molar-refractivity contribution in [3.63, 3.8) is 0 Å². The van der Waals surface area contributed by atoms with Crippen molar-refractivity contribution in [1.29, 1.82) is 0 Å². The van der Waals surface area contributed by atoms with Gasteiger partial charge in [-0.15, -0.1) is 0 Å². The van der Waals surface area contributed by atoms with Crippen molar-refractivity contribution >= 4 is 15.9 Å². The summed E-state index contributed by atoms with van der Waals surface area (Å²) in [5.74, 6) is 1.18. The number of hydrogen-bond acceptors (Lipinski definition) is 9. The lowest BCUT2D eigenvalue weighted by Crippen LogP contribution is -2.27. The van der Waals surface area contributed by atoms with Crippen molar-refractivity contribution in [2.45, 2.75) is 11.4 Å². The Balaban J connectivity index is 1.84. The second kappa shape index (κ2) is 9.88. The van der Waals surface area contributed by atoms with Gasteiger partial charge in [-0.3, -0.25) is 4.79 Å². The largest absolute Gasteiger partial charge is 0.496 e. The Morgan fingerprint density at radius 2 is 1.70 bits per heavy atom. The van der Waals surface area contributed by atoms with E-state index >= 15 is 0 Å². The highest BCUT2D eigenvalue weighted by Gasteiger charge is 2.25. The summed E-state index contributed by atoms with van der Waals surface area (Å²) in [5, 5.41) is 6.38. The molecular formula is C21H24N4O7S. The minimum Gasteiger partial charge on any atom is -0.496 e. The molecule has 1 amide bonds. The third kappa shape index (κ3) is 4.91. The van der Waals surface area contributed by atoms with E-state index in [0.717, 1.165) is 4.31 Å². The molecule has 0 aliphatic rings. The molecule has 0 aliphatic heterocycles. The van der Waals surface area contributed by atoms with Gasteiger partial charge in [0.25, 0.3) is 5.91 Å². The SMILES string of the molecule is CNC(=O)c1cc(S(=O)(=O)N(C)Cc2nc(-c3ccc(OC)c(OC)c3)no2)ccc1OC. The summed E-state index contributed by atoms with van der Waals surface area (Å²) in [7, 11) is 3.29. The summed E-state index contributed by atoms with van der Waals surface area (Å²) in [6.07, 6.45) is 0. The first-order valence-electron chi connectivity index (χ1n) is 9.66. The van der Waals surface area contributed by atoms with E-state index in [1.165, 1.54) is 53.6 Å². The molecule has 0 fully saturated rings. The summed E-state index contributed by atoms with van der Waals surface area (Å²) in [5.41, 5.74) is 0.710. The fraction of sp³-hybridized carbons (Fsp3) is 0.286. The van der Waals surface area contributed by atoms with Gasteiger partial charge in [0.05, 0.1) is 38.3 Å². The highest BCUT2D eigenvalue weighted by molar-refractivity contribution is 7.89. The highest BCUT2D eigenvalue weighted by Crippen LogP contribution is 2.31. The van der Waals surface area contributed by atoms with E-state index < -0.39 is 15.9 Å². The van der Waals surface area contributed by atoms with Crippen LogP contribution in [0.25, 0.3) is 11.4 Å². The normalized spacial score (nSPS) is 11.3. The first kappa shape index (κ1) is 24.0. The van der Waals surface area contributed by atoms with Crippen LogP contribution in [0.5, 0.6) is 17.2 Å². The fourth-order valence-electron chi connectivity index (χ4n) is 3.03. The molecule has 0 saturated heterocycles. The lowest BCUT2D eigenvalue weighted by molar-refractivity contribution is 0.0960. The van der Waals surface area contributed by atoms with E-state index in [1.54, 1.807) is 18.2 Å². The van der Waals surface area contributed by atoms with Gasteiger partial charge in [-0.25, -0.2) is 8.42 Å². The Labute approximate surface area is 191 Å². The van der Waals surface area contributed by atoms with Crippen LogP contribution in [0.3, 0.4) is 0 Å². The molecule has 11 nitrogen and oxygen atoms in total. The number of rotatable bonds is 9. The molecule has 1 heterocycles. The zero-order chi connectivity index (χ0) is 24.2. The molecule has 0 radical (unpaired) electrons. The standard InChI is InChI=1S/C21H24N4O7S/c1-22-21(26)15-11-14(7-9-16(15)29-3)33(27,28)25(2)12-19-23-20(24-32-19)13-6-8-17(30-4)18(10-13)31-5/h6-11H,12H2,1-5H3,(H,22,26). The summed E-state index contributed by atoms with van der Waals surface area (Å²) in [6.45, 7) is -0.177. The van der Waals surface area contributed by atoms with Crippen LogP contribution in [-0.4, -0.2) is 64.2 Å². The second-order valence-corrected chi connectivity index (χ2v) is 8.83. The monoisotopic (exact) mass is 476 g/mol. The first-order valence-corrected chi connectivity index (χ1v) is 11.1. The second-order valence-electron chi connectivity index (χ2n) is 6.78. The van der Waals surface area contributed by atoms with Gasteiger partial charge in [0, 0.05) is 19.7 Å². The van der Waals surface area contributed by atoms with Gasteiger partial charge in [0.2, 0.25) is 21.7 Å². The van der Waals surface area contributed by atoms with E-state index in [2.05, 4.69) is 15.5 Å². The third-order valence-electron chi connectivity index (χ3n) is 4.82. The lowest BCUT2D eigenvalue weighted by Gasteiger charge is -2.16. The molecule has 176 valence electrons. The van der Waals surface area contributed by atoms with Gasteiger partial charge in [0.15, 0.2) is 11.5 Å². The zero-order valence-corrected chi connectivity index (χ0v) is 19.6. The molecule has 1 aromatic heterocycles. The number of nitrogens with one attached hydrogen (secondary N) is 1. The van der Waals surface area contributed by atoms with Crippen LogP contribution in [0.15, 0.2) is 45.8 Å². The molecule has 0 aliphatic carbocycles. The quantitative estimate of drug-likeness (QED) is 0.492. The maximum Gasteiger partial charge on any atom is 0.254 e. The van der Waals surface area contributed by atoms with Crippen molar-refractivity contribution < 1.29 is 31.9 Å². The number of amides is 1. The maximum atomic E-state index is 13.1. The number of benzene rings is 2. The van der Waals surface area contributed by atoms with Crippen LogP contribution < -0.4 is 19.5 Å². The number of hydrogen-bond donors (Lipinski definition) is 1. The number of aromatic nitrogens is 2. The summed E-state index contributed by atoms with van der Waals surface area (Å²) >= 11 is 0. The van der Waals surface area contributed by atoms with Crippen LogP contribution in [0.1, 0.15) is 16.2 Å². The first-order chi connectivity index (χ1) is 15.7. The molecule has 0 saturated carbocycles. The Morgan fingerprint density at radius 3 is 2.33 bits per heavy atom. The molecule has 3 aromatic rings. The van der Waals surface area contributed by atoms with Crippen molar-refractivity contribution in [1.82, 2.24) is 19.8 Å². The minimum absolute atomic E-state index is 0.0796. The number of sulfonamides is 1. The fourth-order valence-corrected chi connectivity index (χ4v) is 4.17. The van der Waals surface area contributed by atoms with Gasteiger partial charge in [0.1, 0.15) is 5.75 Å². The topological polar surface area (TPSA) is 133 Å². The van der Waals surface area contributed by atoms with Crippen molar-refractivity contribution in [3.05, 3.63) is 47.9 Å². The van der Waals surface area contributed by atoms with Crippen LogP contribution in [0.4, 0.5) is 0 Å². The Kier molecular flexibility index (Phi) is 7.19. The number of carbonyl (C=O) groups excluding carboxylic acids is 1.